The van der Waals surface area contributed by atoms with E-state index < -0.39 is 0 Å². The first-order chi connectivity index (χ1) is 11.8. The Bertz CT molecular complexity index is 715. The fourth-order valence-corrected chi connectivity index (χ4v) is 3.41. The smallest absolute Gasteiger partial charge is 0.222 e. The lowest BCUT2D eigenvalue weighted by Gasteiger charge is -2.17. The second-order valence-corrected chi connectivity index (χ2v) is 6.47. The van der Waals surface area contributed by atoms with Crippen molar-refractivity contribution in [3.8, 4) is 5.75 Å². The molecule has 2 aromatic heterocycles. The maximum Gasteiger partial charge on any atom is 0.222 e. The average molecular weight is 340 g/mol. The first-order valence-electron chi connectivity index (χ1n) is 7.82. The van der Waals surface area contributed by atoms with Crippen LogP contribution in [-0.4, -0.2) is 17.6 Å². The highest BCUT2D eigenvalue weighted by Gasteiger charge is 2.18. The van der Waals surface area contributed by atoms with Gasteiger partial charge < -0.3 is 14.6 Å². The van der Waals surface area contributed by atoms with Crippen LogP contribution < -0.4 is 10.1 Å². The Morgan fingerprint density at radius 2 is 1.92 bits per heavy atom. The number of carbonyl (C=O) groups excluding carboxylic acids is 1. The van der Waals surface area contributed by atoms with E-state index in [4.69, 9.17) is 4.74 Å². The van der Waals surface area contributed by atoms with Gasteiger partial charge in [-0.05, 0) is 41.3 Å². The molecule has 0 spiro atoms. The molecule has 0 aliphatic carbocycles. The van der Waals surface area contributed by atoms with Gasteiger partial charge in [-0.1, -0.05) is 18.2 Å². The van der Waals surface area contributed by atoms with Gasteiger partial charge in [0, 0.05) is 23.8 Å². The van der Waals surface area contributed by atoms with Crippen molar-refractivity contribution >= 4 is 17.2 Å². The van der Waals surface area contributed by atoms with Crippen molar-refractivity contribution in [2.24, 2.45) is 0 Å². The third kappa shape index (κ3) is 4.06. The molecule has 0 radical (unpaired) electrons. The Hall–Kier alpha value is -2.53. The lowest BCUT2D eigenvalue weighted by Crippen LogP contribution is -2.26. The molecule has 1 N–H and O–H groups in total. The first-order valence-corrected chi connectivity index (χ1v) is 8.69. The molecule has 124 valence electrons. The standard InChI is InChI=1S/C19H20N2O2S/c1-23-16-8-6-15(7-9-16)14-20-19(22)13-17(18-5-4-12-24-18)21-10-2-3-11-21/h2-12,17H,13-14H2,1H3,(H,20,22)/t17-/m1/s1. The van der Waals surface area contributed by atoms with Gasteiger partial charge in [0.05, 0.1) is 19.6 Å². The summed E-state index contributed by atoms with van der Waals surface area (Å²) >= 11 is 1.68. The van der Waals surface area contributed by atoms with Crippen LogP contribution in [0.4, 0.5) is 0 Å². The third-order valence-electron chi connectivity index (χ3n) is 3.89. The quantitative estimate of drug-likeness (QED) is 0.710. The summed E-state index contributed by atoms with van der Waals surface area (Å²) in [7, 11) is 1.64. The van der Waals surface area contributed by atoms with Crippen LogP contribution in [-0.2, 0) is 11.3 Å². The van der Waals surface area contributed by atoms with Crippen molar-refractivity contribution in [2.75, 3.05) is 7.11 Å². The van der Waals surface area contributed by atoms with Gasteiger partial charge in [-0.25, -0.2) is 0 Å². The lowest BCUT2D eigenvalue weighted by atomic mass is 10.1. The van der Waals surface area contributed by atoms with E-state index >= 15 is 0 Å². The predicted octanol–water partition coefficient (Wildman–Crippen LogP) is 3.85. The number of nitrogens with one attached hydrogen (secondary N) is 1. The highest BCUT2D eigenvalue weighted by molar-refractivity contribution is 7.10. The largest absolute Gasteiger partial charge is 0.497 e. The Kier molecular flexibility index (Phi) is 5.33. The highest BCUT2D eigenvalue weighted by Crippen LogP contribution is 2.26. The molecule has 0 fully saturated rings. The van der Waals surface area contributed by atoms with E-state index in [1.807, 2.05) is 60.2 Å². The van der Waals surface area contributed by atoms with E-state index in [-0.39, 0.29) is 11.9 Å². The van der Waals surface area contributed by atoms with E-state index in [0.717, 1.165) is 11.3 Å². The predicted molar refractivity (Wildman–Crippen MR) is 96.3 cm³/mol. The van der Waals surface area contributed by atoms with E-state index in [2.05, 4.69) is 16.0 Å². The monoisotopic (exact) mass is 340 g/mol. The Morgan fingerprint density at radius 1 is 1.17 bits per heavy atom. The van der Waals surface area contributed by atoms with Gasteiger partial charge in [-0.2, -0.15) is 0 Å². The van der Waals surface area contributed by atoms with Crippen LogP contribution in [0.2, 0.25) is 0 Å². The molecular weight excluding hydrogens is 320 g/mol. The maximum atomic E-state index is 12.4. The Morgan fingerprint density at radius 3 is 2.54 bits per heavy atom. The molecule has 0 bridgehead atoms. The Labute approximate surface area is 145 Å². The molecular formula is C19H20N2O2S. The number of rotatable bonds is 7. The third-order valence-corrected chi connectivity index (χ3v) is 4.86. The van der Waals surface area contributed by atoms with Crippen molar-refractivity contribution in [1.29, 1.82) is 0 Å². The number of aromatic nitrogens is 1. The van der Waals surface area contributed by atoms with Gasteiger partial charge in [0.25, 0.3) is 0 Å². The number of thiophene rings is 1. The summed E-state index contributed by atoms with van der Waals surface area (Å²) in [6.07, 6.45) is 4.42. The molecule has 0 saturated carbocycles. The molecule has 0 aliphatic heterocycles. The number of methoxy groups -OCH3 is 1. The van der Waals surface area contributed by atoms with Crippen LogP contribution >= 0.6 is 11.3 Å². The number of hydrogen-bond acceptors (Lipinski definition) is 3. The minimum absolute atomic E-state index is 0.0378. The topological polar surface area (TPSA) is 43.3 Å². The van der Waals surface area contributed by atoms with Gasteiger partial charge in [0.1, 0.15) is 5.75 Å². The zero-order valence-corrected chi connectivity index (χ0v) is 14.3. The summed E-state index contributed by atoms with van der Waals surface area (Å²) in [5, 5.41) is 5.05. The van der Waals surface area contributed by atoms with E-state index in [1.54, 1.807) is 18.4 Å². The van der Waals surface area contributed by atoms with Crippen molar-refractivity contribution in [3.05, 3.63) is 76.7 Å². The van der Waals surface area contributed by atoms with E-state index in [9.17, 15) is 4.79 Å². The number of nitrogens with zero attached hydrogens (tertiary/aromatic N) is 1. The second kappa shape index (κ2) is 7.84. The number of benzene rings is 1. The molecule has 2 heterocycles. The van der Waals surface area contributed by atoms with Crippen LogP contribution in [0.15, 0.2) is 66.3 Å². The van der Waals surface area contributed by atoms with Crippen molar-refractivity contribution in [3.63, 3.8) is 0 Å². The van der Waals surface area contributed by atoms with E-state index in [0.29, 0.717) is 13.0 Å². The van der Waals surface area contributed by atoms with Crippen LogP contribution in [0.5, 0.6) is 5.75 Å². The summed E-state index contributed by atoms with van der Waals surface area (Å²) < 4.78 is 7.22. The lowest BCUT2D eigenvalue weighted by molar-refractivity contribution is -0.121. The van der Waals surface area contributed by atoms with Crippen LogP contribution in [0.25, 0.3) is 0 Å². The molecule has 0 saturated heterocycles. The number of ether oxygens (including phenoxy) is 1. The number of amides is 1. The molecule has 0 aliphatic rings. The SMILES string of the molecule is COc1ccc(CNC(=O)C[C@H](c2cccs2)n2cccc2)cc1. The minimum Gasteiger partial charge on any atom is -0.497 e. The van der Waals surface area contributed by atoms with Gasteiger partial charge in [0.15, 0.2) is 0 Å². The van der Waals surface area contributed by atoms with Crippen LogP contribution in [0, 0.1) is 0 Å². The molecule has 3 aromatic rings. The molecule has 0 unspecified atom stereocenters. The summed E-state index contributed by atoms with van der Waals surface area (Å²) in [5.41, 5.74) is 1.05. The van der Waals surface area contributed by atoms with Crippen molar-refractivity contribution in [1.82, 2.24) is 9.88 Å². The molecule has 4 nitrogen and oxygen atoms in total. The number of hydrogen-bond donors (Lipinski definition) is 1. The molecule has 3 rings (SSSR count). The number of carbonyl (C=O) groups is 1. The molecule has 1 atom stereocenters. The second-order valence-electron chi connectivity index (χ2n) is 5.49. The van der Waals surface area contributed by atoms with Crippen molar-refractivity contribution < 1.29 is 9.53 Å². The van der Waals surface area contributed by atoms with Crippen molar-refractivity contribution in [2.45, 2.75) is 19.0 Å². The van der Waals surface area contributed by atoms with Crippen LogP contribution in [0.3, 0.4) is 0 Å². The molecule has 24 heavy (non-hydrogen) atoms. The van der Waals surface area contributed by atoms with E-state index in [1.165, 1.54) is 4.88 Å². The average Bonchev–Trinajstić information content (AvgIpc) is 3.32. The summed E-state index contributed by atoms with van der Waals surface area (Å²) in [6, 6.07) is 15.8. The normalized spacial score (nSPS) is 11.9. The molecule has 5 heteroatoms. The van der Waals surface area contributed by atoms with Gasteiger partial charge >= 0.3 is 0 Å². The summed E-state index contributed by atoms with van der Waals surface area (Å²) in [4.78, 5) is 13.6. The minimum atomic E-state index is 0.0378. The van der Waals surface area contributed by atoms with Gasteiger partial charge in [0.2, 0.25) is 5.91 Å². The van der Waals surface area contributed by atoms with Crippen LogP contribution in [0.1, 0.15) is 22.9 Å². The van der Waals surface area contributed by atoms with Gasteiger partial charge in [-0.3, -0.25) is 4.79 Å². The zero-order valence-electron chi connectivity index (χ0n) is 13.5. The Balaban J connectivity index is 1.61. The fourth-order valence-electron chi connectivity index (χ4n) is 2.58. The van der Waals surface area contributed by atoms with Gasteiger partial charge in [-0.15, -0.1) is 11.3 Å². The summed E-state index contributed by atoms with van der Waals surface area (Å²) in [5.74, 6) is 0.855. The zero-order chi connectivity index (χ0) is 16.8. The fraction of sp³-hybridized carbons (Fsp3) is 0.211. The highest BCUT2D eigenvalue weighted by atomic mass is 32.1. The first kappa shape index (κ1) is 16.3. The molecule has 1 amide bonds. The molecule has 1 aromatic carbocycles. The summed E-state index contributed by atoms with van der Waals surface area (Å²) in [6.45, 7) is 0.520. The maximum absolute atomic E-state index is 12.4.